The van der Waals surface area contributed by atoms with Crippen LogP contribution in [0.5, 0.6) is 0 Å². The van der Waals surface area contributed by atoms with Crippen LogP contribution in [0.25, 0.3) is 10.2 Å². The molecule has 6 heteroatoms. The molecule has 0 radical (unpaired) electrons. The van der Waals surface area contributed by atoms with Crippen LogP contribution in [0.15, 0.2) is 47.5 Å². The van der Waals surface area contributed by atoms with Gasteiger partial charge < -0.3 is 9.30 Å². The predicted octanol–water partition coefficient (Wildman–Crippen LogP) is 3.62. The molecule has 0 atom stereocenters. The van der Waals surface area contributed by atoms with Gasteiger partial charge >= 0.3 is 5.97 Å². The summed E-state index contributed by atoms with van der Waals surface area (Å²) in [6, 6.07) is 13.4. The second kappa shape index (κ2) is 7.66. The lowest BCUT2D eigenvalue weighted by atomic mass is 10.1. The highest BCUT2D eigenvalue weighted by Crippen LogP contribution is 2.19. The number of hydrogen-bond donors (Lipinski definition) is 0. The number of esters is 1. The second-order valence-electron chi connectivity index (χ2n) is 6.12. The third-order valence-corrected chi connectivity index (χ3v) is 5.11. The second-order valence-corrected chi connectivity index (χ2v) is 7.13. The van der Waals surface area contributed by atoms with E-state index in [0.29, 0.717) is 16.9 Å². The first kappa shape index (κ1) is 18.1. The molecule has 0 aliphatic rings. The van der Waals surface area contributed by atoms with Crippen LogP contribution in [0.1, 0.15) is 27.9 Å². The molecule has 0 saturated heterocycles. The molecule has 0 N–H and O–H groups in total. The van der Waals surface area contributed by atoms with Crippen molar-refractivity contribution in [3.05, 3.63) is 64.0 Å². The summed E-state index contributed by atoms with van der Waals surface area (Å²) in [5, 5.41) is 0. The zero-order valence-electron chi connectivity index (χ0n) is 15.0. The maximum Gasteiger partial charge on any atom is 0.307 e. The Hall–Kier alpha value is -2.73. The largest absolute Gasteiger partial charge is 0.469 e. The van der Waals surface area contributed by atoms with Gasteiger partial charge in [-0.05, 0) is 43.7 Å². The molecule has 2 aromatic carbocycles. The van der Waals surface area contributed by atoms with Gasteiger partial charge in [-0.15, -0.1) is 0 Å². The minimum atomic E-state index is -0.292. The molecule has 0 unspecified atom stereocenters. The minimum Gasteiger partial charge on any atom is -0.469 e. The molecule has 3 aromatic rings. The summed E-state index contributed by atoms with van der Waals surface area (Å²) in [7, 11) is 1.37. The molecule has 1 amide bonds. The summed E-state index contributed by atoms with van der Waals surface area (Å²) in [5.41, 5.74) is 3.66. The molecule has 0 bridgehead atoms. The molecular formula is C20H20N2O3S. The van der Waals surface area contributed by atoms with Gasteiger partial charge in [0, 0.05) is 12.1 Å². The first-order valence-corrected chi connectivity index (χ1v) is 9.12. The molecule has 0 saturated carbocycles. The number of carbonyl (C=O) groups excluding carboxylic acids is 2. The quantitative estimate of drug-likeness (QED) is 0.661. The number of nitrogens with zero attached hydrogens (tertiary/aromatic N) is 2. The molecular weight excluding hydrogens is 348 g/mol. The Bertz CT molecular complexity index is 1050. The summed E-state index contributed by atoms with van der Waals surface area (Å²) in [6.45, 7) is 4.37. The maximum absolute atomic E-state index is 12.6. The average molecular weight is 368 g/mol. The van der Waals surface area contributed by atoms with Crippen molar-refractivity contribution in [2.45, 2.75) is 26.8 Å². The Morgan fingerprint density at radius 3 is 2.62 bits per heavy atom. The lowest BCUT2D eigenvalue weighted by Gasteiger charge is -2.04. The number of ether oxygens (including phenoxy) is 1. The van der Waals surface area contributed by atoms with Crippen LogP contribution in [0.4, 0.5) is 0 Å². The highest BCUT2D eigenvalue weighted by atomic mass is 32.1. The number of fused-ring (bicyclic) bond motifs is 1. The number of aryl methyl sites for hydroxylation is 3. The van der Waals surface area contributed by atoms with Gasteiger partial charge in [0.1, 0.15) is 0 Å². The fourth-order valence-electron chi connectivity index (χ4n) is 2.72. The van der Waals surface area contributed by atoms with Crippen molar-refractivity contribution in [2.75, 3.05) is 7.11 Å². The molecule has 134 valence electrons. The highest BCUT2D eigenvalue weighted by molar-refractivity contribution is 7.16. The Labute approximate surface area is 155 Å². The fraction of sp³-hybridized carbons (Fsp3) is 0.250. The Morgan fingerprint density at radius 1 is 1.12 bits per heavy atom. The van der Waals surface area contributed by atoms with E-state index < -0.39 is 0 Å². The monoisotopic (exact) mass is 368 g/mol. The van der Waals surface area contributed by atoms with Crippen molar-refractivity contribution < 1.29 is 14.3 Å². The van der Waals surface area contributed by atoms with E-state index in [9.17, 15) is 9.59 Å². The smallest absolute Gasteiger partial charge is 0.307 e. The zero-order chi connectivity index (χ0) is 18.7. The number of aromatic nitrogens is 1. The van der Waals surface area contributed by atoms with Crippen molar-refractivity contribution in [2.24, 2.45) is 4.99 Å². The molecule has 1 aromatic heterocycles. The lowest BCUT2D eigenvalue weighted by molar-refractivity contribution is -0.140. The molecule has 0 spiro atoms. The number of thiazole rings is 1. The SMILES string of the molecule is COC(=O)CCn1c(=NC(=O)c2cccc(C)c2)sc2cc(C)ccc21. The summed E-state index contributed by atoms with van der Waals surface area (Å²) < 4.78 is 7.68. The van der Waals surface area contributed by atoms with Crippen LogP contribution in [0.2, 0.25) is 0 Å². The van der Waals surface area contributed by atoms with Gasteiger partial charge in [-0.25, -0.2) is 0 Å². The van der Waals surface area contributed by atoms with Gasteiger partial charge in [0.05, 0.1) is 23.7 Å². The van der Waals surface area contributed by atoms with E-state index in [1.807, 2.05) is 48.7 Å². The molecule has 1 heterocycles. The van der Waals surface area contributed by atoms with Gasteiger partial charge in [-0.3, -0.25) is 9.59 Å². The van der Waals surface area contributed by atoms with E-state index in [0.717, 1.165) is 21.3 Å². The van der Waals surface area contributed by atoms with Crippen molar-refractivity contribution in [1.29, 1.82) is 0 Å². The minimum absolute atomic E-state index is 0.224. The molecule has 0 aliphatic carbocycles. The van der Waals surface area contributed by atoms with Crippen molar-refractivity contribution >= 4 is 33.4 Å². The predicted molar refractivity (Wildman–Crippen MR) is 102 cm³/mol. The Kier molecular flexibility index (Phi) is 5.32. The molecule has 0 aliphatic heterocycles. The number of methoxy groups -OCH3 is 1. The van der Waals surface area contributed by atoms with Crippen LogP contribution in [-0.2, 0) is 16.1 Å². The number of benzene rings is 2. The highest BCUT2D eigenvalue weighted by Gasteiger charge is 2.11. The average Bonchev–Trinajstić information content (AvgIpc) is 2.95. The van der Waals surface area contributed by atoms with Gasteiger partial charge in [-0.2, -0.15) is 4.99 Å². The first-order chi connectivity index (χ1) is 12.5. The van der Waals surface area contributed by atoms with Gasteiger partial charge in [0.15, 0.2) is 4.80 Å². The van der Waals surface area contributed by atoms with Crippen molar-refractivity contribution in [3.8, 4) is 0 Å². The normalized spacial score (nSPS) is 11.7. The van der Waals surface area contributed by atoms with Gasteiger partial charge in [-0.1, -0.05) is 35.1 Å². The van der Waals surface area contributed by atoms with E-state index in [2.05, 4.69) is 11.1 Å². The third-order valence-electron chi connectivity index (χ3n) is 4.07. The Morgan fingerprint density at radius 2 is 1.88 bits per heavy atom. The van der Waals surface area contributed by atoms with Gasteiger partial charge in [0.25, 0.3) is 5.91 Å². The van der Waals surface area contributed by atoms with Crippen LogP contribution in [0.3, 0.4) is 0 Å². The van der Waals surface area contributed by atoms with Crippen LogP contribution in [0, 0.1) is 13.8 Å². The van der Waals surface area contributed by atoms with Crippen LogP contribution < -0.4 is 4.80 Å². The Balaban J connectivity index is 2.08. The van der Waals surface area contributed by atoms with Crippen molar-refractivity contribution in [3.63, 3.8) is 0 Å². The van der Waals surface area contributed by atoms with Crippen molar-refractivity contribution in [1.82, 2.24) is 4.57 Å². The maximum atomic E-state index is 12.6. The topological polar surface area (TPSA) is 60.7 Å². The third kappa shape index (κ3) is 3.91. The first-order valence-electron chi connectivity index (χ1n) is 8.30. The number of rotatable bonds is 4. The molecule has 5 nitrogen and oxygen atoms in total. The summed E-state index contributed by atoms with van der Waals surface area (Å²) >= 11 is 1.45. The number of hydrogen-bond acceptors (Lipinski definition) is 4. The van der Waals surface area contributed by atoms with E-state index in [4.69, 9.17) is 4.74 Å². The van der Waals surface area contributed by atoms with Gasteiger partial charge in [0.2, 0.25) is 0 Å². The molecule has 0 fully saturated rings. The zero-order valence-corrected chi connectivity index (χ0v) is 15.8. The van der Waals surface area contributed by atoms with E-state index in [-0.39, 0.29) is 18.3 Å². The lowest BCUT2D eigenvalue weighted by Crippen LogP contribution is -2.19. The summed E-state index contributed by atoms with van der Waals surface area (Å²) in [6.07, 6.45) is 0.224. The number of carbonyl (C=O) groups is 2. The van der Waals surface area contributed by atoms with Crippen LogP contribution in [-0.4, -0.2) is 23.6 Å². The van der Waals surface area contributed by atoms with E-state index in [1.165, 1.54) is 18.4 Å². The molecule has 3 rings (SSSR count). The fourth-order valence-corrected chi connectivity index (χ4v) is 3.87. The van der Waals surface area contributed by atoms with E-state index in [1.54, 1.807) is 6.07 Å². The standard InChI is InChI=1S/C20H20N2O3S/c1-13-5-4-6-15(11-13)19(24)21-20-22(10-9-18(23)25-3)16-8-7-14(2)12-17(16)26-20/h4-8,11-12H,9-10H2,1-3H3. The summed E-state index contributed by atoms with van der Waals surface area (Å²) in [5.74, 6) is -0.580. The van der Waals surface area contributed by atoms with Crippen LogP contribution >= 0.6 is 11.3 Å². The molecule has 26 heavy (non-hydrogen) atoms. The van der Waals surface area contributed by atoms with E-state index >= 15 is 0 Å². The summed E-state index contributed by atoms with van der Waals surface area (Å²) in [4.78, 5) is 29.1. The number of amides is 1.